The highest BCUT2D eigenvalue weighted by atomic mass is 16.5. The molecule has 0 spiro atoms. The summed E-state index contributed by atoms with van der Waals surface area (Å²) in [5.41, 5.74) is 1.20. The van der Waals surface area contributed by atoms with Gasteiger partial charge in [0.1, 0.15) is 0 Å². The van der Waals surface area contributed by atoms with Crippen molar-refractivity contribution in [2.24, 2.45) is 4.99 Å². The quantitative estimate of drug-likeness (QED) is 0.417. The minimum absolute atomic E-state index is 0.370. The lowest BCUT2D eigenvalue weighted by molar-refractivity contribution is 0.00991. The fourth-order valence-corrected chi connectivity index (χ4v) is 3.05. The van der Waals surface area contributed by atoms with Crippen LogP contribution in [0, 0.1) is 6.92 Å². The van der Waals surface area contributed by atoms with E-state index in [1.807, 2.05) is 17.9 Å². The monoisotopic (exact) mass is 351 g/mol. The van der Waals surface area contributed by atoms with E-state index in [9.17, 15) is 0 Å². The number of likely N-dealkylation sites (tertiary alicyclic amines) is 1. The zero-order chi connectivity index (χ0) is 17.9. The van der Waals surface area contributed by atoms with Crippen LogP contribution in [0.1, 0.15) is 31.2 Å². The Bertz CT molecular complexity index is 509. The molecule has 2 heterocycles. The molecule has 0 amide bonds. The Balaban J connectivity index is 1.61. The van der Waals surface area contributed by atoms with Crippen molar-refractivity contribution in [2.75, 3.05) is 47.0 Å². The lowest BCUT2D eigenvalue weighted by atomic mass is 10.1. The number of hydrogen-bond donors (Lipinski definition) is 1. The number of hydrogen-bond acceptors (Lipinski definition) is 4. The molecule has 142 valence electrons. The maximum Gasteiger partial charge on any atom is 0.193 e. The van der Waals surface area contributed by atoms with Crippen LogP contribution in [0.15, 0.2) is 17.4 Å². The zero-order valence-corrected chi connectivity index (χ0v) is 15.9. The fraction of sp³-hybridized carbons (Fsp3) is 0.778. The van der Waals surface area contributed by atoms with Gasteiger partial charge in [0.2, 0.25) is 0 Å². The molecule has 1 N–H and O–H groups in total. The smallest absolute Gasteiger partial charge is 0.193 e. The lowest BCUT2D eigenvalue weighted by Gasteiger charge is -2.34. The summed E-state index contributed by atoms with van der Waals surface area (Å²) in [6.07, 6.45) is 8.45. The van der Waals surface area contributed by atoms with Gasteiger partial charge in [0.25, 0.3) is 0 Å². The molecule has 1 aliphatic heterocycles. The number of aliphatic imine (C=N–C) groups is 1. The van der Waals surface area contributed by atoms with Gasteiger partial charge in [0.15, 0.2) is 5.96 Å². The summed E-state index contributed by atoms with van der Waals surface area (Å²) in [4.78, 5) is 6.75. The lowest BCUT2D eigenvalue weighted by Crippen LogP contribution is -2.47. The Morgan fingerprint density at radius 2 is 2.12 bits per heavy atom. The summed E-state index contributed by atoms with van der Waals surface area (Å²) < 4.78 is 13.0. The third kappa shape index (κ3) is 7.04. The van der Waals surface area contributed by atoms with E-state index in [0.717, 1.165) is 71.0 Å². The Morgan fingerprint density at radius 3 is 2.76 bits per heavy atom. The van der Waals surface area contributed by atoms with Crippen molar-refractivity contribution >= 4 is 5.96 Å². The second-order valence-corrected chi connectivity index (χ2v) is 6.51. The van der Waals surface area contributed by atoms with Crippen LogP contribution in [0.25, 0.3) is 0 Å². The number of guanidine groups is 1. The highest BCUT2D eigenvalue weighted by molar-refractivity contribution is 5.79. The zero-order valence-electron chi connectivity index (χ0n) is 15.9. The van der Waals surface area contributed by atoms with Gasteiger partial charge in [0.05, 0.1) is 12.3 Å². The molecule has 0 atom stereocenters. The van der Waals surface area contributed by atoms with Crippen molar-refractivity contribution in [2.45, 2.75) is 45.3 Å². The second kappa shape index (κ2) is 11.1. The number of ether oxygens (including phenoxy) is 2. The van der Waals surface area contributed by atoms with Crippen molar-refractivity contribution in [3.8, 4) is 0 Å². The van der Waals surface area contributed by atoms with Gasteiger partial charge in [-0.25, -0.2) is 0 Å². The largest absolute Gasteiger partial charge is 0.385 e. The van der Waals surface area contributed by atoms with Crippen LogP contribution in [0.2, 0.25) is 0 Å². The maximum absolute atomic E-state index is 5.92. The number of aryl methyl sites for hydroxylation is 2. The third-order valence-electron chi connectivity index (χ3n) is 4.41. The molecule has 1 aliphatic rings. The summed E-state index contributed by atoms with van der Waals surface area (Å²) in [6, 6.07) is 0. The molecule has 0 bridgehead atoms. The topological polar surface area (TPSA) is 63.9 Å². The molecular weight excluding hydrogens is 318 g/mol. The van der Waals surface area contributed by atoms with Crippen LogP contribution in [0.5, 0.6) is 0 Å². The molecule has 0 unspecified atom stereocenters. The van der Waals surface area contributed by atoms with Crippen LogP contribution in [-0.4, -0.2) is 73.7 Å². The van der Waals surface area contributed by atoms with E-state index in [2.05, 4.69) is 33.4 Å². The van der Waals surface area contributed by atoms with E-state index in [4.69, 9.17) is 9.47 Å². The van der Waals surface area contributed by atoms with Crippen LogP contribution in [0.4, 0.5) is 0 Å². The average molecular weight is 351 g/mol. The number of piperidine rings is 1. The van der Waals surface area contributed by atoms with Crippen molar-refractivity contribution in [3.63, 3.8) is 0 Å². The van der Waals surface area contributed by atoms with Gasteiger partial charge in [0, 0.05) is 59.7 Å². The highest BCUT2D eigenvalue weighted by Crippen LogP contribution is 2.14. The standard InChI is InChI=1S/C18H33N5O2/c1-16-14-21-23(15-16)9-4-8-20-18(19-2)22-10-6-17(7-11-22)25-13-5-12-24-3/h14-15,17H,4-13H2,1-3H3,(H,19,20). The van der Waals surface area contributed by atoms with Crippen molar-refractivity contribution in [1.82, 2.24) is 20.0 Å². The molecule has 1 fully saturated rings. The maximum atomic E-state index is 5.92. The molecule has 0 aliphatic carbocycles. The minimum Gasteiger partial charge on any atom is -0.385 e. The van der Waals surface area contributed by atoms with E-state index in [1.165, 1.54) is 5.56 Å². The first-order valence-electron chi connectivity index (χ1n) is 9.28. The molecule has 1 aromatic rings. The number of nitrogens with zero attached hydrogens (tertiary/aromatic N) is 4. The number of methoxy groups -OCH3 is 1. The predicted molar refractivity (Wildman–Crippen MR) is 100.0 cm³/mol. The Kier molecular flexibility index (Phi) is 8.76. The molecule has 0 saturated carbocycles. The van der Waals surface area contributed by atoms with Gasteiger partial charge in [-0.05, 0) is 38.2 Å². The molecule has 25 heavy (non-hydrogen) atoms. The van der Waals surface area contributed by atoms with Gasteiger partial charge >= 0.3 is 0 Å². The van der Waals surface area contributed by atoms with Gasteiger partial charge < -0.3 is 19.7 Å². The fourth-order valence-electron chi connectivity index (χ4n) is 3.05. The van der Waals surface area contributed by atoms with Crippen LogP contribution in [-0.2, 0) is 16.0 Å². The molecule has 1 aromatic heterocycles. The summed E-state index contributed by atoms with van der Waals surface area (Å²) in [5.74, 6) is 0.995. The molecule has 0 aromatic carbocycles. The van der Waals surface area contributed by atoms with E-state index in [-0.39, 0.29) is 0 Å². The van der Waals surface area contributed by atoms with Gasteiger partial charge in [-0.1, -0.05) is 0 Å². The SMILES string of the molecule is CN=C(NCCCn1cc(C)cn1)N1CCC(OCCCOC)CC1. The first-order valence-corrected chi connectivity index (χ1v) is 9.28. The Labute approximate surface area is 151 Å². The summed E-state index contributed by atoms with van der Waals surface area (Å²) in [5, 5.41) is 7.78. The van der Waals surface area contributed by atoms with Crippen molar-refractivity contribution in [1.29, 1.82) is 0 Å². The number of aromatic nitrogens is 2. The first kappa shape index (κ1) is 19.7. The Hall–Kier alpha value is -1.60. The van der Waals surface area contributed by atoms with Crippen molar-refractivity contribution in [3.05, 3.63) is 18.0 Å². The first-order chi connectivity index (χ1) is 12.2. The number of nitrogens with one attached hydrogen (secondary N) is 1. The van der Waals surface area contributed by atoms with E-state index in [0.29, 0.717) is 6.10 Å². The van der Waals surface area contributed by atoms with E-state index >= 15 is 0 Å². The normalized spacial score (nSPS) is 16.4. The molecule has 0 radical (unpaired) electrons. The van der Waals surface area contributed by atoms with E-state index in [1.54, 1.807) is 7.11 Å². The van der Waals surface area contributed by atoms with Crippen LogP contribution in [0.3, 0.4) is 0 Å². The van der Waals surface area contributed by atoms with Crippen LogP contribution >= 0.6 is 0 Å². The minimum atomic E-state index is 0.370. The highest BCUT2D eigenvalue weighted by Gasteiger charge is 2.21. The average Bonchev–Trinajstić information content (AvgIpc) is 3.05. The predicted octanol–water partition coefficient (Wildman–Crippen LogP) is 1.67. The van der Waals surface area contributed by atoms with Crippen molar-refractivity contribution < 1.29 is 9.47 Å². The third-order valence-corrected chi connectivity index (χ3v) is 4.41. The summed E-state index contributed by atoms with van der Waals surface area (Å²) >= 11 is 0. The van der Waals surface area contributed by atoms with E-state index < -0.39 is 0 Å². The molecule has 7 nitrogen and oxygen atoms in total. The molecule has 7 heteroatoms. The van der Waals surface area contributed by atoms with Gasteiger partial charge in [-0.2, -0.15) is 5.10 Å². The second-order valence-electron chi connectivity index (χ2n) is 6.51. The van der Waals surface area contributed by atoms with Gasteiger partial charge in [-0.3, -0.25) is 9.67 Å². The van der Waals surface area contributed by atoms with Crippen LogP contribution < -0.4 is 5.32 Å². The Morgan fingerprint density at radius 1 is 1.32 bits per heavy atom. The summed E-state index contributed by atoms with van der Waals surface area (Å²) in [7, 11) is 3.58. The molecule has 2 rings (SSSR count). The molecule has 1 saturated heterocycles. The molecular formula is C18H33N5O2. The number of rotatable bonds is 9. The summed E-state index contributed by atoms with van der Waals surface area (Å²) in [6.45, 7) is 7.44. The van der Waals surface area contributed by atoms with Gasteiger partial charge in [-0.15, -0.1) is 0 Å².